The number of hydrogen-bond donors (Lipinski definition) is 0. The van der Waals surface area contributed by atoms with Gasteiger partial charge in [-0.25, -0.2) is 4.39 Å². The summed E-state index contributed by atoms with van der Waals surface area (Å²) in [4.78, 5) is 0.533. The fourth-order valence-electron chi connectivity index (χ4n) is 1.73. The van der Waals surface area contributed by atoms with E-state index in [9.17, 15) is 4.39 Å². The standard InChI is InChI=1S/C11H11Br2FS/c12-9-2-1-7(11(14)4-9)3-8-5-15-6-10(8)13/h1-2,4,8,10H,3,5-6H2. The Kier molecular flexibility index (Phi) is 4.13. The number of benzene rings is 1. The first-order valence-electron chi connectivity index (χ1n) is 4.82. The van der Waals surface area contributed by atoms with Crippen LogP contribution in [0.4, 0.5) is 4.39 Å². The van der Waals surface area contributed by atoms with Gasteiger partial charge in [0.25, 0.3) is 0 Å². The summed E-state index contributed by atoms with van der Waals surface area (Å²) in [7, 11) is 0. The largest absolute Gasteiger partial charge is 0.207 e. The minimum absolute atomic E-state index is 0.0963. The van der Waals surface area contributed by atoms with Crippen LogP contribution in [0, 0.1) is 11.7 Å². The van der Waals surface area contributed by atoms with Crippen molar-refractivity contribution in [3.8, 4) is 0 Å². The Hall–Kier alpha value is 0.460. The molecular formula is C11H11Br2FS. The van der Waals surface area contributed by atoms with Gasteiger partial charge >= 0.3 is 0 Å². The van der Waals surface area contributed by atoms with Crippen molar-refractivity contribution >= 4 is 43.6 Å². The summed E-state index contributed by atoms with van der Waals surface area (Å²) in [6, 6.07) is 5.33. The highest BCUT2D eigenvalue weighted by Gasteiger charge is 2.26. The SMILES string of the molecule is Fc1cc(Br)ccc1CC1CSCC1Br. The highest BCUT2D eigenvalue weighted by Crippen LogP contribution is 2.33. The second-order valence-corrected chi connectivity index (χ2v) is 6.92. The summed E-state index contributed by atoms with van der Waals surface area (Å²) < 4.78 is 14.4. The zero-order valence-electron chi connectivity index (χ0n) is 8.05. The van der Waals surface area contributed by atoms with E-state index < -0.39 is 0 Å². The van der Waals surface area contributed by atoms with Crippen LogP contribution >= 0.6 is 43.6 Å². The molecule has 1 fully saturated rings. The van der Waals surface area contributed by atoms with Gasteiger partial charge in [0.15, 0.2) is 0 Å². The van der Waals surface area contributed by atoms with E-state index in [1.807, 2.05) is 23.9 Å². The van der Waals surface area contributed by atoms with Crippen LogP contribution in [0.5, 0.6) is 0 Å². The highest BCUT2D eigenvalue weighted by molar-refractivity contribution is 9.10. The second-order valence-electron chi connectivity index (χ2n) is 3.75. The Morgan fingerprint density at radius 2 is 2.20 bits per heavy atom. The summed E-state index contributed by atoms with van der Waals surface area (Å²) in [5, 5.41) is 0. The zero-order chi connectivity index (χ0) is 10.8. The predicted molar refractivity (Wildman–Crippen MR) is 71.3 cm³/mol. The van der Waals surface area contributed by atoms with Gasteiger partial charge in [0, 0.05) is 15.1 Å². The quantitative estimate of drug-likeness (QED) is 0.716. The maximum atomic E-state index is 13.6. The number of alkyl halides is 1. The van der Waals surface area contributed by atoms with Crippen molar-refractivity contribution in [3.05, 3.63) is 34.1 Å². The van der Waals surface area contributed by atoms with Crippen LogP contribution in [0.3, 0.4) is 0 Å². The van der Waals surface area contributed by atoms with Crippen LogP contribution < -0.4 is 0 Å². The lowest BCUT2D eigenvalue weighted by Gasteiger charge is -2.13. The number of thioether (sulfide) groups is 1. The number of rotatable bonds is 2. The van der Waals surface area contributed by atoms with Gasteiger partial charge in [0.05, 0.1) is 0 Å². The summed E-state index contributed by atoms with van der Waals surface area (Å²) in [6.45, 7) is 0. The average molecular weight is 354 g/mol. The minimum atomic E-state index is -0.0963. The Morgan fingerprint density at radius 1 is 1.40 bits per heavy atom. The fourth-order valence-corrected chi connectivity index (χ4v) is 4.53. The first-order valence-corrected chi connectivity index (χ1v) is 7.69. The van der Waals surface area contributed by atoms with Crippen LogP contribution in [-0.2, 0) is 6.42 Å². The first-order chi connectivity index (χ1) is 7.16. The van der Waals surface area contributed by atoms with Crippen molar-refractivity contribution < 1.29 is 4.39 Å². The van der Waals surface area contributed by atoms with Gasteiger partial charge in [0.2, 0.25) is 0 Å². The lowest BCUT2D eigenvalue weighted by atomic mass is 9.98. The van der Waals surface area contributed by atoms with E-state index in [2.05, 4.69) is 31.9 Å². The van der Waals surface area contributed by atoms with Gasteiger partial charge in [-0.3, -0.25) is 0 Å². The topological polar surface area (TPSA) is 0 Å². The molecule has 0 aromatic heterocycles. The summed E-state index contributed by atoms with van der Waals surface area (Å²) >= 11 is 8.86. The third-order valence-electron chi connectivity index (χ3n) is 2.62. The molecule has 0 spiro atoms. The molecule has 0 amide bonds. The molecular weight excluding hydrogens is 343 g/mol. The van der Waals surface area contributed by atoms with E-state index in [0.717, 1.165) is 28.0 Å². The van der Waals surface area contributed by atoms with Crippen molar-refractivity contribution in [2.45, 2.75) is 11.2 Å². The molecule has 2 rings (SSSR count). The molecule has 0 nitrogen and oxygen atoms in total. The molecule has 0 aliphatic carbocycles. The normalized spacial score (nSPS) is 25.8. The minimum Gasteiger partial charge on any atom is -0.207 e. The Labute approximate surface area is 110 Å². The molecule has 1 saturated heterocycles. The predicted octanol–water partition coefficient (Wildman–Crippen LogP) is 4.26. The molecule has 0 N–H and O–H groups in total. The summed E-state index contributed by atoms with van der Waals surface area (Å²) in [5.74, 6) is 2.74. The number of hydrogen-bond acceptors (Lipinski definition) is 1. The van der Waals surface area contributed by atoms with E-state index in [-0.39, 0.29) is 5.82 Å². The van der Waals surface area contributed by atoms with Crippen LogP contribution in [-0.4, -0.2) is 16.3 Å². The van der Waals surface area contributed by atoms with Crippen molar-refractivity contribution in [2.75, 3.05) is 11.5 Å². The molecule has 0 radical (unpaired) electrons. The molecule has 1 aliphatic rings. The Morgan fingerprint density at radius 3 is 2.80 bits per heavy atom. The fraction of sp³-hybridized carbons (Fsp3) is 0.455. The maximum Gasteiger partial charge on any atom is 0.127 e. The Balaban J connectivity index is 2.10. The molecule has 2 unspecified atom stereocenters. The third-order valence-corrected chi connectivity index (χ3v) is 5.87. The van der Waals surface area contributed by atoms with Gasteiger partial charge in [-0.1, -0.05) is 37.9 Å². The molecule has 15 heavy (non-hydrogen) atoms. The van der Waals surface area contributed by atoms with E-state index in [1.165, 1.54) is 0 Å². The average Bonchev–Trinajstić information content (AvgIpc) is 2.57. The number of halogens is 3. The monoisotopic (exact) mass is 352 g/mol. The van der Waals surface area contributed by atoms with E-state index in [4.69, 9.17) is 0 Å². The molecule has 1 aromatic rings. The van der Waals surface area contributed by atoms with Gasteiger partial charge in [-0.05, 0) is 35.8 Å². The van der Waals surface area contributed by atoms with Gasteiger partial charge in [-0.15, -0.1) is 0 Å². The van der Waals surface area contributed by atoms with Crippen LogP contribution in [0.1, 0.15) is 5.56 Å². The van der Waals surface area contributed by atoms with Gasteiger partial charge in [0.1, 0.15) is 5.82 Å². The highest BCUT2D eigenvalue weighted by atomic mass is 79.9. The summed E-state index contributed by atoms with van der Waals surface area (Å²) in [6.07, 6.45) is 0.835. The molecule has 0 saturated carbocycles. The lowest BCUT2D eigenvalue weighted by Crippen LogP contribution is -2.15. The van der Waals surface area contributed by atoms with Crippen molar-refractivity contribution in [3.63, 3.8) is 0 Å². The van der Waals surface area contributed by atoms with Gasteiger partial charge < -0.3 is 0 Å². The van der Waals surface area contributed by atoms with Crippen molar-refractivity contribution in [1.29, 1.82) is 0 Å². The van der Waals surface area contributed by atoms with Gasteiger partial charge in [-0.2, -0.15) is 11.8 Å². The molecule has 4 heteroatoms. The molecule has 2 atom stereocenters. The van der Waals surface area contributed by atoms with Crippen molar-refractivity contribution in [2.24, 2.45) is 5.92 Å². The lowest BCUT2D eigenvalue weighted by molar-refractivity contribution is 0.562. The van der Waals surface area contributed by atoms with E-state index in [0.29, 0.717) is 10.7 Å². The maximum absolute atomic E-state index is 13.6. The summed E-state index contributed by atoms with van der Waals surface area (Å²) in [5.41, 5.74) is 0.829. The second kappa shape index (κ2) is 5.19. The Bertz CT molecular complexity index is 356. The van der Waals surface area contributed by atoms with Crippen LogP contribution in [0.25, 0.3) is 0 Å². The van der Waals surface area contributed by atoms with Crippen molar-refractivity contribution in [1.82, 2.24) is 0 Å². The van der Waals surface area contributed by atoms with Crippen LogP contribution in [0.2, 0.25) is 0 Å². The molecule has 82 valence electrons. The first kappa shape index (κ1) is 11.9. The molecule has 0 bridgehead atoms. The van der Waals surface area contributed by atoms with E-state index in [1.54, 1.807) is 6.07 Å². The molecule has 1 aliphatic heterocycles. The molecule has 1 heterocycles. The van der Waals surface area contributed by atoms with E-state index >= 15 is 0 Å². The smallest absolute Gasteiger partial charge is 0.127 e. The van der Waals surface area contributed by atoms with Crippen LogP contribution in [0.15, 0.2) is 22.7 Å². The zero-order valence-corrected chi connectivity index (χ0v) is 12.0. The third kappa shape index (κ3) is 2.98. The molecule has 1 aromatic carbocycles.